The molecular formula is C8H16N2O. The monoisotopic (exact) mass is 156 g/mol. The smallest absolute Gasteiger partial charge is 0.234 e. The molecule has 2 N–H and O–H groups in total. The highest BCUT2D eigenvalue weighted by atomic mass is 16.1. The van der Waals surface area contributed by atoms with Crippen LogP contribution in [0, 0.1) is 0 Å². The van der Waals surface area contributed by atoms with Gasteiger partial charge in [0.15, 0.2) is 0 Å². The first kappa shape index (κ1) is 10.2. The molecule has 0 saturated carbocycles. The number of carbonyl (C=O) groups excluding carboxylic acids is 1. The molecule has 0 aromatic carbocycles. The van der Waals surface area contributed by atoms with E-state index in [-0.39, 0.29) is 5.91 Å². The van der Waals surface area contributed by atoms with Gasteiger partial charge >= 0.3 is 0 Å². The third kappa shape index (κ3) is 7.06. The summed E-state index contributed by atoms with van der Waals surface area (Å²) in [5.41, 5.74) is 0.967. The van der Waals surface area contributed by atoms with Crippen molar-refractivity contribution in [2.45, 2.75) is 13.8 Å². The Morgan fingerprint density at radius 2 is 2.09 bits per heavy atom. The van der Waals surface area contributed by atoms with E-state index < -0.39 is 0 Å². The zero-order chi connectivity index (χ0) is 8.69. The van der Waals surface area contributed by atoms with Crippen LogP contribution in [0.15, 0.2) is 12.2 Å². The van der Waals surface area contributed by atoms with Crippen LogP contribution >= 0.6 is 0 Å². The van der Waals surface area contributed by atoms with Crippen molar-refractivity contribution in [1.82, 2.24) is 10.6 Å². The van der Waals surface area contributed by atoms with Crippen molar-refractivity contribution in [1.29, 1.82) is 0 Å². The molecule has 11 heavy (non-hydrogen) atoms. The molecule has 0 unspecified atom stereocenters. The normalized spacial score (nSPS) is 9.27. The molecule has 0 rings (SSSR count). The van der Waals surface area contributed by atoms with Gasteiger partial charge in [0.1, 0.15) is 0 Å². The van der Waals surface area contributed by atoms with Crippen LogP contribution in [0.25, 0.3) is 0 Å². The molecule has 0 saturated heterocycles. The number of likely N-dealkylation sites (N-methyl/N-ethyl adjacent to an activating group) is 1. The standard InChI is InChI=1S/C8H16N2O/c1-4-9-6-8(11)10-5-7(2)3/h9H,2,4-6H2,1,3H3,(H,10,11). The van der Waals surface area contributed by atoms with E-state index in [4.69, 9.17) is 0 Å². The van der Waals surface area contributed by atoms with Crippen molar-refractivity contribution in [2.75, 3.05) is 19.6 Å². The van der Waals surface area contributed by atoms with Crippen molar-refractivity contribution < 1.29 is 4.79 Å². The topological polar surface area (TPSA) is 41.1 Å². The van der Waals surface area contributed by atoms with Crippen molar-refractivity contribution in [3.8, 4) is 0 Å². The molecule has 0 atom stereocenters. The molecule has 0 spiro atoms. The zero-order valence-corrected chi connectivity index (χ0v) is 7.24. The van der Waals surface area contributed by atoms with Crippen LogP contribution in [0.5, 0.6) is 0 Å². The number of hydrogen-bond donors (Lipinski definition) is 2. The highest BCUT2D eigenvalue weighted by molar-refractivity contribution is 5.78. The fourth-order valence-electron chi connectivity index (χ4n) is 0.551. The highest BCUT2D eigenvalue weighted by Crippen LogP contribution is 1.80. The summed E-state index contributed by atoms with van der Waals surface area (Å²) in [6.45, 7) is 9.31. The van der Waals surface area contributed by atoms with E-state index in [0.29, 0.717) is 13.1 Å². The minimum Gasteiger partial charge on any atom is -0.351 e. The van der Waals surface area contributed by atoms with Crippen LogP contribution in [0.2, 0.25) is 0 Å². The Kier molecular flexibility index (Phi) is 5.47. The molecule has 0 aromatic heterocycles. The summed E-state index contributed by atoms with van der Waals surface area (Å²) in [6, 6.07) is 0. The van der Waals surface area contributed by atoms with Gasteiger partial charge in [-0.05, 0) is 13.5 Å². The summed E-state index contributed by atoms with van der Waals surface area (Å²) in [4.78, 5) is 10.9. The van der Waals surface area contributed by atoms with E-state index in [1.54, 1.807) is 0 Å². The number of hydrogen-bond acceptors (Lipinski definition) is 2. The van der Waals surface area contributed by atoms with Crippen LogP contribution < -0.4 is 10.6 Å². The Balaban J connectivity index is 3.30. The Bertz CT molecular complexity index is 143. The number of nitrogens with one attached hydrogen (secondary N) is 2. The fourth-order valence-corrected chi connectivity index (χ4v) is 0.551. The lowest BCUT2D eigenvalue weighted by atomic mass is 10.3. The Labute approximate surface area is 67.9 Å². The Hall–Kier alpha value is -0.830. The predicted octanol–water partition coefficient (Wildman–Crippen LogP) is 0.288. The van der Waals surface area contributed by atoms with Crippen LogP contribution in [-0.4, -0.2) is 25.5 Å². The van der Waals surface area contributed by atoms with Crippen LogP contribution in [-0.2, 0) is 4.79 Å². The Morgan fingerprint density at radius 1 is 1.45 bits per heavy atom. The molecular weight excluding hydrogens is 140 g/mol. The van der Waals surface area contributed by atoms with Crippen LogP contribution in [0.4, 0.5) is 0 Å². The maximum Gasteiger partial charge on any atom is 0.234 e. The van der Waals surface area contributed by atoms with Gasteiger partial charge in [-0.3, -0.25) is 4.79 Å². The fraction of sp³-hybridized carbons (Fsp3) is 0.625. The second-order valence-electron chi connectivity index (χ2n) is 2.51. The first-order valence-corrected chi connectivity index (χ1v) is 3.78. The molecule has 0 aromatic rings. The molecule has 0 radical (unpaired) electrons. The van der Waals surface area contributed by atoms with Crippen molar-refractivity contribution in [3.05, 3.63) is 12.2 Å². The zero-order valence-electron chi connectivity index (χ0n) is 7.24. The van der Waals surface area contributed by atoms with Gasteiger partial charge in [0, 0.05) is 6.54 Å². The molecule has 0 heterocycles. The summed E-state index contributed by atoms with van der Waals surface area (Å²) < 4.78 is 0. The third-order valence-electron chi connectivity index (χ3n) is 1.12. The average Bonchev–Trinajstić information content (AvgIpc) is 1.97. The SMILES string of the molecule is C=C(C)CNC(=O)CNCC. The maximum atomic E-state index is 10.9. The lowest BCUT2D eigenvalue weighted by Crippen LogP contribution is -2.34. The molecule has 64 valence electrons. The molecule has 0 aliphatic carbocycles. The summed E-state index contributed by atoms with van der Waals surface area (Å²) >= 11 is 0. The molecule has 0 aliphatic rings. The van der Waals surface area contributed by atoms with Gasteiger partial charge < -0.3 is 10.6 Å². The first-order chi connectivity index (χ1) is 5.16. The van der Waals surface area contributed by atoms with Gasteiger partial charge in [0.2, 0.25) is 5.91 Å². The van der Waals surface area contributed by atoms with E-state index in [1.807, 2.05) is 13.8 Å². The van der Waals surface area contributed by atoms with E-state index in [1.165, 1.54) is 0 Å². The minimum atomic E-state index is 0.0230. The van der Waals surface area contributed by atoms with Gasteiger partial charge in [-0.2, -0.15) is 0 Å². The average molecular weight is 156 g/mol. The van der Waals surface area contributed by atoms with Gasteiger partial charge in [0.25, 0.3) is 0 Å². The van der Waals surface area contributed by atoms with Crippen molar-refractivity contribution in [2.24, 2.45) is 0 Å². The molecule has 3 nitrogen and oxygen atoms in total. The molecule has 3 heteroatoms. The molecule has 0 aliphatic heterocycles. The summed E-state index contributed by atoms with van der Waals surface area (Å²) in [5.74, 6) is 0.0230. The van der Waals surface area contributed by atoms with E-state index in [0.717, 1.165) is 12.1 Å². The third-order valence-corrected chi connectivity index (χ3v) is 1.12. The number of carbonyl (C=O) groups is 1. The van der Waals surface area contributed by atoms with E-state index >= 15 is 0 Å². The lowest BCUT2D eigenvalue weighted by Gasteiger charge is -2.03. The first-order valence-electron chi connectivity index (χ1n) is 3.78. The van der Waals surface area contributed by atoms with Gasteiger partial charge in [-0.25, -0.2) is 0 Å². The van der Waals surface area contributed by atoms with Gasteiger partial charge in [0.05, 0.1) is 6.54 Å². The number of amides is 1. The summed E-state index contributed by atoms with van der Waals surface area (Å²) in [7, 11) is 0. The maximum absolute atomic E-state index is 10.9. The second kappa shape index (κ2) is 5.92. The lowest BCUT2D eigenvalue weighted by molar-refractivity contribution is -0.120. The van der Waals surface area contributed by atoms with Crippen LogP contribution in [0.3, 0.4) is 0 Å². The van der Waals surface area contributed by atoms with E-state index in [2.05, 4.69) is 17.2 Å². The van der Waals surface area contributed by atoms with E-state index in [9.17, 15) is 4.79 Å². The summed E-state index contributed by atoms with van der Waals surface area (Å²) in [5, 5.41) is 5.65. The highest BCUT2D eigenvalue weighted by Gasteiger charge is 1.96. The van der Waals surface area contributed by atoms with Crippen LogP contribution in [0.1, 0.15) is 13.8 Å². The molecule has 1 amide bonds. The number of rotatable bonds is 5. The summed E-state index contributed by atoms with van der Waals surface area (Å²) in [6.07, 6.45) is 0. The second-order valence-corrected chi connectivity index (χ2v) is 2.51. The largest absolute Gasteiger partial charge is 0.351 e. The molecule has 0 bridgehead atoms. The minimum absolute atomic E-state index is 0.0230. The van der Waals surface area contributed by atoms with Crippen molar-refractivity contribution in [3.63, 3.8) is 0 Å². The molecule has 0 fully saturated rings. The Morgan fingerprint density at radius 3 is 2.55 bits per heavy atom. The van der Waals surface area contributed by atoms with Gasteiger partial charge in [-0.1, -0.05) is 19.1 Å². The predicted molar refractivity (Wildman–Crippen MR) is 46.4 cm³/mol. The van der Waals surface area contributed by atoms with Gasteiger partial charge in [-0.15, -0.1) is 0 Å². The van der Waals surface area contributed by atoms with Crippen molar-refractivity contribution >= 4 is 5.91 Å². The quantitative estimate of drug-likeness (QED) is 0.562.